The van der Waals surface area contributed by atoms with Crippen LogP contribution in [0.25, 0.3) is 11.0 Å². The van der Waals surface area contributed by atoms with Gasteiger partial charge in [-0.2, -0.15) is 0 Å². The van der Waals surface area contributed by atoms with E-state index in [0.29, 0.717) is 0 Å². The first-order chi connectivity index (χ1) is 10.1. The lowest BCUT2D eigenvalue weighted by atomic mass is 10.2. The number of rotatable bonds is 4. The zero-order valence-electron chi connectivity index (χ0n) is 12.4. The van der Waals surface area contributed by atoms with Crippen molar-refractivity contribution in [3.8, 4) is 0 Å². The van der Waals surface area contributed by atoms with Gasteiger partial charge in [0.15, 0.2) is 0 Å². The van der Waals surface area contributed by atoms with E-state index in [1.165, 1.54) is 0 Å². The maximum absolute atomic E-state index is 5.98. The summed E-state index contributed by atoms with van der Waals surface area (Å²) in [4.78, 5) is 2.28. The quantitative estimate of drug-likeness (QED) is 0.916. The van der Waals surface area contributed by atoms with E-state index in [2.05, 4.69) is 52.3 Å². The molecule has 3 rings (SSSR count). The van der Waals surface area contributed by atoms with Crippen LogP contribution in [0.15, 0.2) is 33.2 Å². The number of furan rings is 1. The number of ether oxygens (including phenoxy) is 1. The number of fused-ring (bicyclic) bond motifs is 1. The lowest BCUT2D eigenvalue weighted by Gasteiger charge is -2.30. The monoisotopic (exact) mass is 352 g/mol. The lowest BCUT2D eigenvalue weighted by molar-refractivity contribution is 0.00258. The summed E-state index contributed by atoms with van der Waals surface area (Å²) >= 11 is 3.50. The summed E-state index contributed by atoms with van der Waals surface area (Å²) in [5.41, 5.74) is 0.934. The van der Waals surface area contributed by atoms with Crippen molar-refractivity contribution in [1.82, 2.24) is 10.2 Å². The molecule has 4 nitrogen and oxygen atoms in total. The van der Waals surface area contributed by atoms with Gasteiger partial charge in [0.2, 0.25) is 0 Å². The van der Waals surface area contributed by atoms with Gasteiger partial charge >= 0.3 is 0 Å². The van der Waals surface area contributed by atoms with Crippen molar-refractivity contribution in [2.45, 2.75) is 19.1 Å². The van der Waals surface area contributed by atoms with Crippen molar-refractivity contribution >= 4 is 26.9 Å². The largest absolute Gasteiger partial charge is 0.459 e. The smallest absolute Gasteiger partial charge is 0.134 e. The second kappa shape index (κ2) is 6.48. The summed E-state index contributed by atoms with van der Waals surface area (Å²) in [6, 6.07) is 8.45. The van der Waals surface area contributed by atoms with Gasteiger partial charge in [-0.15, -0.1) is 0 Å². The average Bonchev–Trinajstić information content (AvgIpc) is 2.90. The van der Waals surface area contributed by atoms with Crippen LogP contribution < -0.4 is 5.32 Å². The molecule has 0 radical (unpaired) electrons. The van der Waals surface area contributed by atoms with Gasteiger partial charge in [0, 0.05) is 29.5 Å². The number of morpholine rings is 1. The highest BCUT2D eigenvalue weighted by Crippen LogP contribution is 2.28. The molecule has 1 aromatic heterocycles. The molecule has 1 aliphatic rings. The number of nitrogens with one attached hydrogen (secondary N) is 1. The van der Waals surface area contributed by atoms with Crippen molar-refractivity contribution in [3.05, 3.63) is 34.5 Å². The first-order valence-corrected chi connectivity index (χ1v) is 8.14. The molecule has 2 atom stereocenters. The van der Waals surface area contributed by atoms with E-state index in [1.807, 2.05) is 12.1 Å². The number of nitrogens with zero attached hydrogens (tertiary/aromatic N) is 1. The number of benzene rings is 1. The van der Waals surface area contributed by atoms with Crippen molar-refractivity contribution in [2.24, 2.45) is 0 Å². The Morgan fingerprint density at radius 2 is 2.29 bits per heavy atom. The van der Waals surface area contributed by atoms with E-state index in [0.717, 1.165) is 47.4 Å². The number of likely N-dealkylation sites (N-methyl/N-ethyl adjacent to an activating group) is 1. The lowest BCUT2D eigenvalue weighted by Crippen LogP contribution is -2.44. The van der Waals surface area contributed by atoms with Crippen molar-refractivity contribution in [2.75, 3.05) is 33.3 Å². The van der Waals surface area contributed by atoms with Gasteiger partial charge in [-0.05, 0) is 38.2 Å². The number of hydrogen-bond acceptors (Lipinski definition) is 4. The number of halogens is 1. The standard InChI is InChI=1S/C16H21BrN2O2/c1-11(19(2)10-14-9-18-5-6-20-14)16-8-12-7-13(17)3-4-15(12)21-16/h3-4,7-8,11,14,18H,5-6,9-10H2,1-2H3. The van der Waals surface area contributed by atoms with E-state index in [-0.39, 0.29) is 12.1 Å². The van der Waals surface area contributed by atoms with E-state index in [1.54, 1.807) is 0 Å². The average molecular weight is 353 g/mol. The Labute approximate surface area is 133 Å². The first kappa shape index (κ1) is 15.0. The highest BCUT2D eigenvalue weighted by atomic mass is 79.9. The van der Waals surface area contributed by atoms with Crippen molar-refractivity contribution in [3.63, 3.8) is 0 Å². The molecular weight excluding hydrogens is 332 g/mol. The SMILES string of the molecule is CC(c1cc2cc(Br)ccc2o1)N(C)CC1CNCCO1. The van der Waals surface area contributed by atoms with Gasteiger partial charge in [-0.25, -0.2) is 0 Å². The third-order valence-electron chi connectivity index (χ3n) is 4.07. The highest BCUT2D eigenvalue weighted by Gasteiger charge is 2.21. The molecule has 5 heteroatoms. The Morgan fingerprint density at radius 3 is 3.05 bits per heavy atom. The summed E-state index contributed by atoms with van der Waals surface area (Å²) < 4.78 is 12.8. The molecule has 0 spiro atoms. The first-order valence-electron chi connectivity index (χ1n) is 7.35. The zero-order chi connectivity index (χ0) is 14.8. The molecule has 1 saturated heterocycles. The molecule has 0 amide bonds. The van der Waals surface area contributed by atoms with Crippen LogP contribution in [0.2, 0.25) is 0 Å². The summed E-state index contributed by atoms with van der Waals surface area (Å²) in [6.07, 6.45) is 0.254. The Bertz CT molecular complexity index is 607. The van der Waals surface area contributed by atoms with Gasteiger partial charge < -0.3 is 14.5 Å². The molecule has 2 aromatic rings. The molecule has 1 N–H and O–H groups in total. The Hall–Kier alpha value is -0.880. The van der Waals surface area contributed by atoms with Gasteiger partial charge in [-0.1, -0.05) is 15.9 Å². The molecule has 0 bridgehead atoms. The molecule has 1 fully saturated rings. The zero-order valence-corrected chi connectivity index (χ0v) is 14.0. The molecule has 2 heterocycles. The highest BCUT2D eigenvalue weighted by molar-refractivity contribution is 9.10. The van der Waals surface area contributed by atoms with Crippen LogP contribution in [-0.4, -0.2) is 44.3 Å². The van der Waals surface area contributed by atoms with E-state index in [9.17, 15) is 0 Å². The second-order valence-electron chi connectivity index (χ2n) is 5.64. The fourth-order valence-electron chi connectivity index (χ4n) is 2.67. The van der Waals surface area contributed by atoms with E-state index >= 15 is 0 Å². The predicted octanol–water partition coefficient (Wildman–Crippen LogP) is 3.18. The summed E-state index contributed by atoms with van der Waals surface area (Å²) in [5.74, 6) is 0.995. The Balaban J connectivity index is 1.71. The predicted molar refractivity (Wildman–Crippen MR) is 87.6 cm³/mol. The normalized spacial score (nSPS) is 21.0. The molecule has 0 aliphatic carbocycles. The van der Waals surface area contributed by atoms with E-state index in [4.69, 9.17) is 9.15 Å². The van der Waals surface area contributed by atoms with Crippen LogP contribution in [0.4, 0.5) is 0 Å². The van der Waals surface area contributed by atoms with Gasteiger partial charge in [-0.3, -0.25) is 4.90 Å². The fraction of sp³-hybridized carbons (Fsp3) is 0.500. The maximum atomic E-state index is 5.98. The minimum Gasteiger partial charge on any atom is -0.459 e. The van der Waals surface area contributed by atoms with Crippen molar-refractivity contribution in [1.29, 1.82) is 0 Å². The van der Waals surface area contributed by atoms with Crippen LogP contribution in [0.3, 0.4) is 0 Å². The van der Waals surface area contributed by atoms with Crippen LogP contribution in [0.5, 0.6) is 0 Å². The van der Waals surface area contributed by atoms with Gasteiger partial charge in [0.05, 0.1) is 18.8 Å². The third-order valence-corrected chi connectivity index (χ3v) is 4.56. The van der Waals surface area contributed by atoms with Crippen LogP contribution in [0, 0.1) is 0 Å². The van der Waals surface area contributed by atoms with Gasteiger partial charge in [0.25, 0.3) is 0 Å². The van der Waals surface area contributed by atoms with E-state index < -0.39 is 0 Å². The van der Waals surface area contributed by atoms with Crippen LogP contribution in [-0.2, 0) is 4.74 Å². The summed E-state index contributed by atoms with van der Waals surface area (Å²) in [5, 5.41) is 4.50. The number of hydrogen-bond donors (Lipinski definition) is 1. The third kappa shape index (κ3) is 3.48. The molecular formula is C16H21BrN2O2. The molecule has 114 valence electrons. The molecule has 1 aromatic carbocycles. The second-order valence-corrected chi connectivity index (χ2v) is 6.56. The molecule has 0 saturated carbocycles. The molecule has 1 aliphatic heterocycles. The molecule has 2 unspecified atom stereocenters. The Kier molecular flexibility index (Phi) is 4.64. The maximum Gasteiger partial charge on any atom is 0.134 e. The van der Waals surface area contributed by atoms with Crippen molar-refractivity contribution < 1.29 is 9.15 Å². The Morgan fingerprint density at radius 1 is 1.43 bits per heavy atom. The minimum absolute atomic E-state index is 0.224. The summed E-state index contributed by atoms with van der Waals surface area (Å²) in [6.45, 7) is 5.74. The fourth-order valence-corrected chi connectivity index (χ4v) is 3.05. The van der Waals surface area contributed by atoms with Crippen LogP contribution in [0.1, 0.15) is 18.7 Å². The molecule has 21 heavy (non-hydrogen) atoms. The topological polar surface area (TPSA) is 37.6 Å². The summed E-state index contributed by atoms with van der Waals surface area (Å²) in [7, 11) is 2.12. The minimum atomic E-state index is 0.224. The van der Waals surface area contributed by atoms with Crippen LogP contribution >= 0.6 is 15.9 Å². The van der Waals surface area contributed by atoms with Gasteiger partial charge in [0.1, 0.15) is 11.3 Å².